The van der Waals surface area contributed by atoms with Gasteiger partial charge in [-0.1, -0.05) is 12.1 Å². The van der Waals surface area contributed by atoms with Gasteiger partial charge in [0.15, 0.2) is 17.6 Å². The van der Waals surface area contributed by atoms with Crippen LogP contribution in [0, 0.1) is 5.92 Å². The minimum Gasteiger partial charge on any atom is -0.486 e. The summed E-state index contributed by atoms with van der Waals surface area (Å²) in [6, 6.07) is 7.63. The van der Waals surface area contributed by atoms with Crippen molar-refractivity contribution in [1.82, 2.24) is 4.90 Å². The zero-order valence-electron chi connectivity index (χ0n) is 10.5. The number of ether oxygens (including phenoxy) is 2. The van der Waals surface area contributed by atoms with Crippen molar-refractivity contribution in [2.24, 2.45) is 5.92 Å². The van der Waals surface area contributed by atoms with Crippen LogP contribution in [0.4, 0.5) is 0 Å². The van der Waals surface area contributed by atoms with Crippen molar-refractivity contribution in [2.45, 2.75) is 18.9 Å². The number of para-hydroxylation sites is 2. The van der Waals surface area contributed by atoms with Gasteiger partial charge in [0, 0.05) is 13.0 Å². The molecule has 0 spiro atoms. The maximum Gasteiger partial charge on any atom is 0.225 e. The van der Waals surface area contributed by atoms with Crippen molar-refractivity contribution in [1.29, 1.82) is 0 Å². The molecule has 1 aromatic carbocycles. The molecule has 4 nitrogen and oxygen atoms in total. The third-order valence-electron chi connectivity index (χ3n) is 3.35. The van der Waals surface area contributed by atoms with E-state index in [1.807, 2.05) is 31.3 Å². The molecule has 1 aliphatic heterocycles. The van der Waals surface area contributed by atoms with E-state index in [-0.39, 0.29) is 17.9 Å². The maximum atomic E-state index is 11.9. The largest absolute Gasteiger partial charge is 0.486 e. The molecule has 1 amide bonds. The molecular weight excluding hydrogens is 230 g/mol. The van der Waals surface area contributed by atoms with Gasteiger partial charge in [0.05, 0.1) is 6.54 Å². The van der Waals surface area contributed by atoms with Gasteiger partial charge >= 0.3 is 0 Å². The molecule has 2 aliphatic rings. The molecule has 0 bridgehead atoms. The number of hydrogen-bond acceptors (Lipinski definition) is 3. The number of fused-ring (bicyclic) bond motifs is 1. The lowest BCUT2D eigenvalue weighted by atomic mass is 10.2. The molecule has 0 saturated heterocycles. The van der Waals surface area contributed by atoms with Gasteiger partial charge in [-0.25, -0.2) is 0 Å². The molecule has 1 aromatic rings. The number of amides is 1. The molecule has 18 heavy (non-hydrogen) atoms. The molecule has 1 atom stereocenters. The summed E-state index contributed by atoms with van der Waals surface area (Å²) in [5, 5.41) is 0. The van der Waals surface area contributed by atoms with Gasteiger partial charge in [-0.2, -0.15) is 0 Å². The number of likely N-dealkylation sites (N-methyl/N-ethyl adjacent to an activating group) is 1. The highest BCUT2D eigenvalue weighted by Gasteiger charge is 2.33. The Morgan fingerprint density at radius 2 is 2.06 bits per heavy atom. The fraction of sp³-hybridized carbons (Fsp3) is 0.500. The van der Waals surface area contributed by atoms with Crippen molar-refractivity contribution in [3.63, 3.8) is 0 Å². The van der Waals surface area contributed by atoms with Crippen LogP contribution >= 0.6 is 0 Å². The first-order chi connectivity index (χ1) is 8.74. The van der Waals surface area contributed by atoms with Crippen molar-refractivity contribution >= 4 is 5.91 Å². The maximum absolute atomic E-state index is 11.9. The van der Waals surface area contributed by atoms with Gasteiger partial charge in [0.2, 0.25) is 5.91 Å². The Kier molecular flexibility index (Phi) is 2.86. The van der Waals surface area contributed by atoms with Crippen molar-refractivity contribution in [2.75, 3.05) is 20.2 Å². The van der Waals surface area contributed by atoms with Crippen LogP contribution in [-0.2, 0) is 4.79 Å². The summed E-state index contributed by atoms with van der Waals surface area (Å²) in [6.07, 6.45) is 2.00. The van der Waals surface area contributed by atoms with E-state index in [4.69, 9.17) is 9.47 Å². The van der Waals surface area contributed by atoms with E-state index in [9.17, 15) is 4.79 Å². The molecule has 1 fully saturated rings. The average Bonchev–Trinajstić information content (AvgIpc) is 3.22. The molecule has 1 heterocycles. The molecule has 0 aromatic heterocycles. The second-order valence-corrected chi connectivity index (χ2v) is 4.99. The van der Waals surface area contributed by atoms with Gasteiger partial charge in [0.1, 0.15) is 6.61 Å². The molecule has 3 rings (SSSR count). The van der Waals surface area contributed by atoms with Gasteiger partial charge in [-0.15, -0.1) is 0 Å². The molecule has 0 unspecified atom stereocenters. The zero-order chi connectivity index (χ0) is 12.5. The predicted octanol–water partition coefficient (Wildman–Crippen LogP) is 1.69. The predicted molar refractivity (Wildman–Crippen MR) is 66.7 cm³/mol. The van der Waals surface area contributed by atoms with Gasteiger partial charge in [0.25, 0.3) is 0 Å². The number of nitrogens with zero attached hydrogens (tertiary/aromatic N) is 1. The first kappa shape index (κ1) is 11.4. The summed E-state index contributed by atoms with van der Waals surface area (Å²) in [6.45, 7) is 1.09. The highest BCUT2D eigenvalue weighted by Crippen LogP contribution is 2.32. The van der Waals surface area contributed by atoms with Gasteiger partial charge in [-0.05, 0) is 25.0 Å². The first-order valence-corrected chi connectivity index (χ1v) is 6.37. The Labute approximate surface area is 106 Å². The quantitative estimate of drug-likeness (QED) is 0.816. The average molecular weight is 247 g/mol. The molecule has 0 N–H and O–H groups in total. The number of carbonyl (C=O) groups is 1. The first-order valence-electron chi connectivity index (χ1n) is 6.37. The van der Waals surface area contributed by atoms with Crippen LogP contribution in [-0.4, -0.2) is 37.1 Å². The Balaban J connectivity index is 1.60. The van der Waals surface area contributed by atoms with E-state index in [2.05, 4.69) is 0 Å². The van der Waals surface area contributed by atoms with E-state index in [1.54, 1.807) is 4.90 Å². The van der Waals surface area contributed by atoms with Crippen LogP contribution in [0.5, 0.6) is 11.5 Å². The van der Waals surface area contributed by atoms with Crippen LogP contribution in [0.2, 0.25) is 0 Å². The minimum absolute atomic E-state index is 0.0763. The second-order valence-electron chi connectivity index (χ2n) is 4.99. The van der Waals surface area contributed by atoms with E-state index < -0.39 is 0 Å². The lowest BCUT2D eigenvalue weighted by molar-refractivity contribution is -0.132. The zero-order valence-corrected chi connectivity index (χ0v) is 10.5. The van der Waals surface area contributed by atoms with Crippen LogP contribution in [0.25, 0.3) is 0 Å². The lowest BCUT2D eigenvalue weighted by Crippen LogP contribution is -2.42. The topological polar surface area (TPSA) is 38.8 Å². The van der Waals surface area contributed by atoms with E-state index in [1.165, 1.54) is 0 Å². The molecule has 0 radical (unpaired) electrons. The van der Waals surface area contributed by atoms with Crippen molar-refractivity contribution in [3.05, 3.63) is 24.3 Å². The van der Waals surface area contributed by atoms with Crippen molar-refractivity contribution in [3.8, 4) is 11.5 Å². The normalized spacial score (nSPS) is 21.5. The number of rotatable bonds is 3. The summed E-state index contributed by atoms with van der Waals surface area (Å²) in [5.74, 6) is 2.04. The highest BCUT2D eigenvalue weighted by molar-refractivity contribution is 5.80. The number of carbonyl (C=O) groups excluding carboxylic acids is 1. The molecule has 96 valence electrons. The standard InChI is InChI=1S/C14H17NO3/c1-15(14(16)10-6-7-10)8-11-9-17-12-4-2-3-5-13(12)18-11/h2-5,10-11H,6-9H2,1H3/t11-/m0/s1. The summed E-state index contributed by atoms with van der Waals surface area (Å²) in [4.78, 5) is 13.6. The van der Waals surface area contributed by atoms with E-state index in [0.717, 1.165) is 24.3 Å². The van der Waals surface area contributed by atoms with Crippen LogP contribution in [0.3, 0.4) is 0 Å². The molecular formula is C14H17NO3. The summed E-state index contributed by atoms with van der Waals surface area (Å²) >= 11 is 0. The summed E-state index contributed by atoms with van der Waals surface area (Å²) < 4.78 is 11.5. The Morgan fingerprint density at radius 1 is 1.33 bits per heavy atom. The fourth-order valence-electron chi connectivity index (χ4n) is 2.19. The Bertz CT molecular complexity index is 456. The Hall–Kier alpha value is -1.71. The fourth-order valence-corrected chi connectivity index (χ4v) is 2.19. The monoisotopic (exact) mass is 247 g/mol. The second kappa shape index (κ2) is 4.52. The third kappa shape index (κ3) is 2.28. The number of benzene rings is 1. The highest BCUT2D eigenvalue weighted by atomic mass is 16.6. The van der Waals surface area contributed by atoms with Gasteiger partial charge < -0.3 is 14.4 Å². The Morgan fingerprint density at radius 3 is 2.78 bits per heavy atom. The van der Waals surface area contributed by atoms with Crippen molar-refractivity contribution < 1.29 is 14.3 Å². The van der Waals surface area contributed by atoms with Crippen LogP contribution < -0.4 is 9.47 Å². The molecule has 4 heteroatoms. The summed E-state index contributed by atoms with van der Waals surface area (Å²) in [5.41, 5.74) is 0. The van der Waals surface area contributed by atoms with Crippen LogP contribution in [0.15, 0.2) is 24.3 Å². The van der Waals surface area contributed by atoms with Gasteiger partial charge in [-0.3, -0.25) is 4.79 Å². The van der Waals surface area contributed by atoms with E-state index in [0.29, 0.717) is 13.2 Å². The van der Waals surface area contributed by atoms with E-state index >= 15 is 0 Å². The number of hydrogen-bond donors (Lipinski definition) is 0. The summed E-state index contributed by atoms with van der Waals surface area (Å²) in [7, 11) is 1.84. The molecule has 1 saturated carbocycles. The van der Waals surface area contributed by atoms with Crippen LogP contribution in [0.1, 0.15) is 12.8 Å². The lowest BCUT2D eigenvalue weighted by Gasteiger charge is -2.29. The molecule has 1 aliphatic carbocycles. The minimum atomic E-state index is -0.0763. The smallest absolute Gasteiger partial charge is 0.225 e. The SMILES string of the molecule is CN(C[C@H]1COc2ccccc2O1)C(=O)C1CC1. The third-order valence-corrected chi connectivity index (χ3v) is 3.35.